The maximum absolute atomic E-state index is 14.5. The number of H-pyrrole nitrogens is 1. The Morgan fingerprint density at radius 2 is 2.04 bits per heavy atom. The summed E-state index contributed by atoms with van der Waals surface area (Å²) in [7, 11) is 0. The number of aromatic carboxylic acids is 1. The van der Waals surface area contributed by atoms with Crippen LogP contribution in [0.5, 0.6) is 0 Å². The largest absolute Gasteiger partial charge is 0.477 e. The van der Waals surface area contributed by atoms with Gasteiger partial charge in [-0.15, -0.1) is 0 Å². The summed E-state index contributed by atoms with van der Waals surface area (Å²) in [5, 5.41) is 13.2. The molecule has 3 aromatic rings. The molecule has 3 N–H and O–H groups in total. The van der Waals surface area contributed by atoms with Crippen molar-refractivity contribution in [1.29, 1.82) is 0 Å². The van der Waals surface area contributed by atoms with Crippen LogP contribution in [0.15, 0.2) is 36.4 Å². The first-order chi connectivity index (χ1) is 13.3. The molecule has 0 saturated heterocycles. The van der Waals surface area contributed by atoms with E-state index in [1.54, 1.807) is 24.3 Å². The topological polar surface area (TPSA) is 82.2 Å². The number of aromatic amines is 1. The van der Waals surface area contributed by atoms with Crippen LogP contribution in [0.2, 0.25) is 0 Å². The Bertz CT molecular complexity index is 1060. The predicted molar refractivity (Wildman–Crippen MR) is 110 cm³/mol. The fourth-order valence-corrected chi connectivity index (χ4v) is 3.96. The molecule has 3 rings (SSSR count). The number of aromatic nitrogens is 1. The van der Waals surface area contributed by atoms with E-state index in [-0.39, 0.29) is 23.5 Å². The molecule has 0 fully saturated rings. The van der Waals surface area contributed by atoms with Gasteiger partial charge in [-0.25, -0.2) is 9.18 Å². The summed E-state index contributed by atoms with van der Waals surface area (Å²) in [6, 6.07) is 9.93. The Morgan fingerprint density at radius 3 is 2.64 bits per heavy atom. The third kappa shape index (κ3) is 3.75. The van der Waals surface area contributed by atoms with Crippen LogP contribution in [0.4, 0.5) is 4.39 Å². The third-order valence-corrected chi connectivity index (χ3v) is 5.21. The van der Waals surface area contributed by atoms with Crippen molar-refractivity contribution in [1.82, 2.24) is 10.3 Å². The molecular weight excluding hydrogens is 379 g/mol. The quantitative estimate of drug-likeness (QED) is 0.559. The van der Waals surface area contributed by atoms with Gasteiger partial charge < -0.3 is 15.4 Å². The number of thioether (sulfide) groups is 1. The summed E-state index contributed by atoms with van der Waals surface area (Å²) in [4.78, 5) is 26.3. The van der Waals surface area contributed by atoms with Crippen LogP contribution < -0.4 is 5.32 Å². The van der Waals surface area contributed by atoms with E-state index >= 15 is 0 Å². The summed E-state index contributed by atoms with van der Waals surface area (Å²) >= 11 is 1.52. The molecular formula is C21H21FN2O3S. The first-order valence-corrected chi connectivity index (χ1v) is 10.2. The number of halogens is 1. The summed E-state index contributed by atoms with van der Waals surface area (Å²) in [6.45, 7) is 3.26. The summed E-state index contributed by atoms with van der Waals surface area (Å²) in [5.74, 6) is -1.12. The van der Waals surface area contributed by atoms with E-state index in [1.807, 2.05) is 19.2 Å². The number of hydrogen-bond donors (Lipinski definition) is 3. The number of carboxylic acid groups (broad SMARTS) is 1. The zero-order chi connectivity index (χ0) is 20.4. The van der Waals surface area contributed by atoms with Crippen LogP contribution in [-0.2, 0) is 10.5 Å². The van der Waals surface area contributed by atoms with Gasteiger partial charge in [-0.05, 0) is 35.9 Å². The molecule has 0 aliphatic rings. The molecule has 1 heterocycles. The van der Waals surface area contributed by atoms with E-state index in [0.29, 0.717) is 33.3 Å². The molecule has 7 heteroatoms. The van der Waals surface area contributed by atoms with Crippen molar-refractivity contribution in [2.75, 3.05) is 6.26 Å². The Kier molecular flexibility index (Phi) is 5.74. The normalized spacial score (nSPS) is 12.1. The lowest BCUT2D eigenvalue weighted by atomic mass is 9.98. The number of rotatable bonds is 6. The van der Waals surface area contributed by atoms with Crippen LogP contribution in [0.1, 0.15) is 41.5 Å². The van der Waals surface area contributed by atoms with Gasteiger partial charge in [0, 0.05) is 23.6 Å². The summed E-state index contributed by atoms with van der Waals surface area (Å²) < 4.78 is 14.5. The van der Waals surface area contributed by atoms with Gasteiger partial charge in [0.05, 0.1) is 11.6 Å². The van der Waals surface area contributed by atoms with Crippen molar-refractivity contribution in [2.24, 2.45) is 0 Å². The number of benzene rings is 2. The van der Waals surface area contributed by atoms with Crippen LogP contribution >= 0.6 is 11.8 Å². The van der Waals surface area contributed by atoms with Crippen molar-refractivity contribution in [3.63, 3.8) is 0 Å². The maximum atomic E-state index is 14.5. The monoisotopic (exact) mass is 400 g/mol. The standard InChI is InChI=1S/C21H21FN2O3S/c1-11(23-12(2)25)15-5-4-6-16-18(20(21(26)27)24-19(15)16)13-7-8-14(10-28-3)17(22)9-13/h4-9,11,24H,10H2,1-3H3,(H,23,25)(H,26,27). The number of hydrogen-bond acceptors (Lipinski definition) is 3. The maximum Gasteiger partial charge on any atom is 0.352 e. The van der Waals surface area contributed by atoms with Crippen molar-refractivity contribution in [3.8, 4) is 11.1 Å². The Hall–Kier alpha value is -2.80. The van der Waals surface area contributed by atoms with Crippen LogP contribution in [-0.4, -0.2) is 28.2 Å². The van der Waals surface area contributed by atoms with Gasteiger partial charge in [0.15, 0.2) is 0 Å². The SMILES string of the molecule is CSCc1ccc(-c2c(C(=O)O)[nH]c3c(C(C)NC(C)=O)cccc23)cc1F. The highest BCUT2D eigenvalue weighted by atomic mass is 32.2. The molecule has 0 saturated carbocycles. The highest BCUT2D eigenvalue weighted by Crippen LogP contribution is 2.36. The molecule has 0 bridgehead atoms. The lowest BCUT2D eigenvalue weighted by Gasteiger charge is -2.14. The number of amides is 1. The van der Waals surface area contributed by atoms with Gasteiger partial charge in [-0.1, -0.05) is 30.3 Å². The molecule has 1 aromatic heterocycles. The number of carboxylic acids is 1. The van der Waals surface area contributed by atoms with E-state index in [9.17, 15) is 19.1 Å². The van der Waals surface area contributed by atoms with E-state index in [1.165, 1.54) is 24.8 Å². The van der Waals surface area contributed by atoms with E-state index in [2.05, 4.69) is 10.3 Å². The second-order valence-corrected chi connectivity index (χ2v) is 7.48. The van der Waals surface area contributed by atoms with E-state index in [0.717, 1.165) is 5.56 Å². The molecule has 1 unspecified atom stereocenters. The molecule has 0 aliphatic carbocycles. The molecule has 146 valence electrons. The lowest BCUT2D eigenvalue weighted by Crippen LogP contribution is -2.23. The van der Waals surface area contributed by atoms with E-state index in [4.69, 9.17) is 0 Å². The first kappa shape index (κ1) is 19.9. The van der Waals surface area contributed by atoms with Crippen molar-refractivity contribution < 1.29 is 19.1 Å². The molecule has 1 atom stereocenters. The summed E-state index contributed by atoms with van der Waals surface area (Å²) in [5.41, 5.74) is 2.89. The molecule has 5 nitrogen and oxygen atoms in total. The van der Waals surface area contributed by atoms with Gasteiger partial charge in [0.25, 0.3) is 0 Å². The minimum absolute atomic E-state index is 0.00510. The second-order valence-electron chi connectivity index (χ2n) is 6.61. The molecule has 2 aromatic carbocycles. The first-order valence-electron chi connectivity index (χ1n) is 8.76. The fraction of sp³-hybridized carbons (Fsp3) is 0.238. The highest BCUT2D eigenvalue weighted by Gasteiger charge is 2.22. The van der Waals surface area contributed by atoms with E-state index < -0.39 is 5.97 Å². The minimum Gasteiger partial charge on any atom is -0.477 e. The zero-order valence-electron chi connectivity index (χ0n) is 15.8. The van der Waals surface area contributed by atoms with Crippen LogP contribution in [0.25, 0.3) is 22.0 Å². The van der Waals surface area contributed by atoms with Crippen molar-refractivity contribution in [3.05, 3.63) is 59.0 Å². The van der Waals surface area contributed by atoms with Crippen LogP contribution in [0, 0.1) is 5.82 Å². The molecule has 1 amide bonds. The molecule has 0 aliphatic heterocycles. The van der Waals surface area contributed by atoms with Crippen molar-refractivity contribution >= 4 is 34.5 Å². The van der Waals surface area contributed by atoms with Gasteiger partial charge in [0.1, 0.15) is 11.5 Å². The second kappa shape index (κ2) is 8.06. The van der Waals surface area contributed by atoms with Crippen molar-refractivity contribution in [2.45, 2.75) is 25.6 Å². The number of nitrogens with one attached hydrogen (secondary N) is 2. The fourth-order valence-electron chi connectivity index (χ4n) is 3.42. The molecule has 0 spiro atoms. The van der Waals surface area contributed by atoms with Gasteiger partial charge in [0.2, 0.25) is 5.91 Å². The zero-order valence-corrected chi connectivity index (χ0v) is 16.6. The Morgan fingerprint density at radius 1 is 1.29 bits per heavy atom. The number of carbonyl (C=O) groups excluding carboxylic acids is 1. The molecule has 28 heavy (non-hydrogen) atoms. The Balaban J connectivity index is 2.22. The highest BCUT2D eigenvalue weighted by molar-refractivity contribution is 7.97. The average Bonchev–Trinajstić information content (AvgIpc) is 3.02. The predicted octanol–water partition coefficient (Wildman–Crippen LogP) is 4.73. The average molecular weight is 400 g/mol. The van der Waals surface area contributed by atoms with Crippen LogP contribution in [0.3, 0.4) is 0 Å². The number of carbonyl (C=O) groups is 2. The Labute approximate surface area is 166 Å². The lowest BCUT2D eigenvalue weighted by molar-refractivity contribution is -0.119. The third-order valence-electron chi connectivity index (χ3n) is 4.61. The van der Waals surface area contributed by atoms with Gasteiger partial charge in [-0.3, -0.25) is 4.79 Å². The number of fused-ring (bicyclic) bond motifs is 1. The smallest absolute Gasteiger partial charge is 0.352 e. The number of para-hydroxylation sites is 1. The molecule has 0 radical (unpaired) electrons. The summed E-state index contributed by atoms with van der Waals surface area (Å²) in [6.07, 6.45) is 1.90. The van der Waals surface area contributed by atoms with Gasteiger partial charge >= 0.3 is 5.97 Å². The van der Waals surface area contributed by atoms with Gasteiger partial charge in [-0.2, -0.15) is 11.8 Å². The minimum atomic E-state index is -1.13.